The molecule has 2 fully saturated rings. The van der Waals surface area contributed by atoms with Gasteiger partial charge >= 0.3 is 0 Å². The van der Waals surface area contributed by atoms with Gasteiger partial charge in [-0.05, 0) is 49.4 Å². The van der Waals surface area contributed by atoms with E-state index in [0.29, 0.717) is 12.5 Å². The molecular formula is C21H27N3O2. The highest BCUT2D eigenvalue weighted by molar-refractivity contribution is 5.07. The maximum Gasteiger partial charge on any atom is 0.0937 e. The summed E-state index contributed by atoms with van der Waals surface area (Å²) in [6, 6.07) is 12.0. The van der Waals surface area contributed by atoms with Crippen LogP contribution in [0.15, 0.2) is 48.8 Å². The fourth-order valence-electron chi connectivity index (χ4n) is 4.11. The Labute approximate surface area is 155 Å². The van der Waals surface area contributed by atoms with Crippen molar-refractivity contribution in [3.05, 3.63) is 60.2 Å². The standard InChI is InChI=1S/C21H27N3O2/c1-3-9-22-19(5-1)14-24-16-21(17-24)13-18(8-12-26-21)7-11-25-15-20-6-2-4-10-23-20/h1-6,9-10,18H,7-8,11-17H2. The summed E-state index contributed by atoms with van der Waals surface area (Å²) >= 11 is 0. The van der Waals surface area contributed by atoms with Crippen LogP contribution in [0.25, 0.3) is 0 Å². The third-order valence-electron chi connectivity index (χ3n) is 5.38. The van der Waals surface area contributed by atoms with E-state index < -0.39 is 0 Å². The smallest absolute Gasteiger partial charge is 0.0937 e. The Hall–Kier alpha value is -1.82. The number of ether oxygens (including phenoxy) is 2. The minimum absolute atomic E-state index is 0.0681. The van der Waals surface area contributed by atoms with E-state index in [0.717, 1.165) is 63.5 Å². The molecule has 5 nitrogen and oxygen atoms in total. The fraction of sp³-hybridized carbons (Fsp3) is 0.524. The van der Waals surface area contributed by atoms with Gasteiger partial charge in [0, 0.05) is 45.2 Å². The lowest BCUT2D eigenvalue weighted by Gasteiger charge is -2.53. The molecule has 0 aromatic carbocycles. The van der Waals surface area contributed by atoms with Crippen molar-refractivity contribution in [1.82, 2.24) is 14.9 Å². The number of aromatic nitrogens is 2. The average Bonchev–Trinajstić information content (AvgIpc) is 2.66. The van der Waals surface area contributed by atoms with Crippen molar-refractivity contribution in [2.75, 3.05) is 26.3 Å². The van der Waals surface area contributed by atoms with E-state index in [2.05, 4.69) is 27.0 Å². The van der Waals surface area contributed by atoms with Crippen molar-refractivity contribution in [3.63, 3.8) is 0 Å². The van der Waals surface area contributed by atoms with E-state index in [1.54, 1.807) is 0 Å². The van der Waals surface area contributed by atoms with Crippen molar-refractivity contribution in [2.45, 2.75) is 38.0 Å². The molecule has 1 spiro atoms. The van der Waals surface area contributed by atoms with Crippen LogP contribution in [0.4, 0.5) is 0 Å². The maximum absolute atomic E-state index is 6.16. The van der Waals surface area contributed by atoms with Gasteiger partial charge in [0.25, 0.3) is 0 Å². The third-order valence-corrected chi connectivity index (χ3v) is 5.38. The zero-order valence-corrected chi connectivity index (χ0v) is 15.2. The van der Waals surface area contributed by atoms with Gasteiger partial charge in [0.15, 0.2) is 0 Å². The second-order valence-electron chi connectivity index (χ2n) is 7.52. The Morgan fingerprint density at radius 1 is 1.08 bits per heavy atom. The highest BCUT2D eigenvalue weighted by atomic mass is 16.5. The van der Waals surface area contributed by atoms with Crippen molar-refractivity contribution in [2.24, 2.45) is 5.92 Å². The summed E-state index contributed by atoms with van der Waals surface area (Å²) in [7, 11) is 0. The lowest BCUT2D eigenvalue weighted by molar-refractivity contribution is -0.182. The van der Waals surface area contributed by atoms with Crippen LogP contribution in [-0.2, 0) is 22.6 Å². The Morgan fingerprint density at radius 3 is 2.58 bits per heavy atom. The van der Waals surface area contributed by atoms with Gasteiger partial charge in [-0.25, -0.2) is 0 Å². The van der Waals surface area contributed by atoms with Crippen molar-refractivity contribution >= 4 is 0 Å². The first-order valence-corrected chi connectivity index (χ1v) is 9.55. The average molecular weight is 353 g/mol. The molecule has 4 heterocycles. The highest BCUT2D eigenvalue weighted by Gasteiger charge is 2.47. The van der Waals surface area contributed by atoms with Gasteiger partial charge in [0.05, 0.1) is 23.6 Å². The second-order valence-corrected chi connectivity index (χ2v) is 7.52. The SMILES string of the molecule is c1ccc(COCCC2CCOC3(C2)CN(Cc2ccccn2)C3)nc1. The van der Waals surface area contributed by atoms with Gasteiger partial charge < -0.3 is 9.47 Å². The van der Waals surface area contributed by atoms with E-state index in [-0.39, 0.29) is 5.60 Å². The first-order valence-electron chi connectivity index (χ1n) is 9.55. The molecule has 1 atom stereocenters. The summed E-state index contributed by atoms with van der Waals surface area (Å²) in [5.74, 6) is 0.699. The molecule has 26 heavy (non-hydrogen) atoms. The summed E-state index contributed by atoms with van der Waals surface area (Å²) in [5.41, 5.74) is 2.20. The number of hydrogen-bond acceptors (Lipinski definition) is 5. The first kappa shape index (κ1) is 17.6. The van der Waals surface area contributed by atoms with Crippen LogP contribution in [0, 0.1) is 5.92 Å². The summed E-state index contributed by atoms with van der Waals surface area (Å²) in [4.78, 5) is 11.1. The van der Waals surface area contributed by atoms with E-state index in [9.17, 15) is 0 Å². The molecule has 0 amide bonds. The minimum Gasteiger partial charge on any atom is -0.375 e. The molecule has 5 heteroatoms. The molecule has 2 aromatic rings. The quantitative estimate of drug-likeness (QED) is 0.716. The number of nitrogens with zero attached hydrogens (tertiary/aromatic N) is 3. The summed E-state index contributed by atoms with van der Waals surface area (Å²) in [6.07, 6.45) is 7.09. The van der Waals surface area contributed by atoms with Gasteiger partial charge in [-0.2, -0.15) is 0 Å². The zero-order chi connectivity index (χ0) is 17.7. The molecule has 0 bridgehead atoms. The van der Waals surface area contributed by atoms with E-state index in [1.807, 2.05) is 36.7 Å². The molecule has 2 aliphatic heterocycles. The predicted molar refractivity (Wildman–Crippen MR) is 99.4 cm³/mol. The lowest BCUT2D eigenvalue weighted by Crippen LogP contribution is -2.64. The molecule has 0 radical (unpaired) electrons. The molecule has 0 saturated carbocycles. The van der Waals surface area contributed by atoms with Crippen molar-refractivity contribution in [3.8, 4) is 0 Å². The van der Waals surface area contributed by atoms with Gasteiger partial charge in [0.2, 0.25) is 0 Å². The molecular weight excluding hydrogens is 326 g/mol. The van der Waals surface area contributed by atoms with Crippen LogP contribution in [-0.4, -0.2) is 46.8 Å². The highest BCUT2D eigenvalue weighted by Crippen LogP contribution is 2.38. The van der Waals surface area contributed by atoms with Gasteiger partial charge in [0.1, 0.15) is 0 Å². The monoisotopic (exact) mass is 353 g/mol. The number of rotatable bonds is 7. The van der Waals surface area contributed by atoms with Crippen LogP contribution in [0.2, 0.25) is 0 Å². The molecule has 4 rings (SSSR count). The molecule has 1 unspecified atom stereocenters. The largest absolute Gasteiger partial charge is 0.375 e. The number of pyridine rings is 2. The van der Waals surface area contributed by atoms with Crippen LogP contribution < -0.4 is 0 Å². The predicted octanol–water partition coefficient (Wildman–Crippen LogP) is 3.06. The Kier molecular flexibility index (Phi) is 5.58. The van der Waals surface area contributed by atoms with Crippen LogP contribution in [0.1, 0.15) is 30.7 Å². The second kappa shape index (κ2) is 8.25. The summed E-state index contributed by atoms with van der Waals surface area (Å²) in [5, 5.41) is 0. The van der Waals surface area contributed by atoms with Gasteiger partial charge in [-0.15, -0.1) is 0 Å². The van der Waals surface area contributed by atoms with E-state index in [1.165, 1.54) is 0 Å². The molecule has 2 saturated heterocycles. The van der Waals surface area contributed by atoms with Crippen LogP contribution >= 0.6 is 0 Å². The fourth-order valence-corrected chi connectivity index (χ4v) is 4.11. The van der Waals surface area contributed by atoms with Crippen LogP contribution in [0.5, 0.6) is 0 Å². The Bertz CT molecular complexity index is 674. The van der Waals surface area contributed by atoms with Crippen molar-refractivity contribution in [1.29, 1.82) is 0 Å². The number of likely N-dealkylation sites (tertiary alicyclic amines) is 1. The normalized spacial score (nSPS) is 22.2. The lowest BCUT2D eigenvalue weighted by atomic mass is 9.79. The zero-order valence-electron chi connectivity index (χ0n) is 15.2. The van der Waals surface area contributed by atoms with Gasteiger partial charge in [-0.3, -0.25) is 14.9 Å². The Morgan fingerprint density at radius 2 is 1.85 bits per heavy atom. The van der Waals surface area contributed by atoms with E-state index >= 15 is 0 Å². The third kappa shape index (κ3) is 4.47. The van der Waals surface area contributed by atoms with Crippen LogP contribution in [0.3, 0.4) is 0 Å². The van der Waals surface area contributed by atoms with Crippen molar-refractivity contribution < 1.29 is 9.47 Å². The van der Waals surface area contributed by atoms with E-state index in [4.69, 9.17) is 9.47 Å². The minimum atomic E-state index is 0.0681. The summed E-state index contributed by atoms with van der Waals surface area (Å²) < 4.78 is 12.0. The maximum atomic E-state index is 6.16. The Balaban J connectivity index is 1.18. The molecule has 0 aliphatic carbocycles. The molecule has 2 aromatic heterocycles. The molecule has 138 valence electrons. The van der Waals surface area contributed by atoms with Gasteiger partial charge in [-0.1, -0.05) is 12.1 Å². The number of hydrogen-bond donors (Lipinski definition) is 0. The molecule has 2 aliphatic rings. The molecule has 0 N–H and O–H groups in total. The summed E-state index contributed by atoms with van der Waals surface area (Å²) in [6.45, 7) is 5.25. The first-order chi connectivity index (χ1) is 12.8. The topological polar surface area (TPSA) is 47.5 Å².